The molecular weight excluding hydrogens is 238 g/mol. The molecule has 4 unspecified atom stereocenters. The molecule has 0 aromatic heterocycles. The highest BCUT2D eigenvalue weighted by Gasteiger charge is 2.31. The molecule has 1 N–H and O–H groups in total. The summed E-state index contributed by atoms with van der Waals surface area (Å²) in [4.78, 5) is 13.5. The number of hydrogen-bond acceptors (Lipinski definition) is 2. The van der Waals surface area contributed by atoms with E-state index in [4.69, 9.17) is 5.11 Å². The monoisotopic (exact) mass is 267 g/mol. The maximum Gasteiger partial charge on any atom is 0.303 e. The van der Waals surface area contributed by atoms with Gasteiger partial charge in [-0.3, -0.25) is 4.79 Å². The summed E-state index contributed by atoms with van der Waals surface area (Å²) in [6.07, 6.45) is 8.26. The van der Waals surface area contributed by atoms with Crippen LogP contribution in [0, 0.1) is 17.8 Å². The van der Waals surface area contributed by atoms with Gasteiger partial charge in [0.05, 0.1) is 0 Å². The molecule has 19 heavy (non-hydrogen) atoms. The van der Waals surface area contributed by atoms with Gasteiger partial charge in [0, 0.05) is 19.0 Å². The normalized spacial score (nSPS) is 34.9. The van der Waals surface area contributed by atoms with Crippen LogP contribution in [0.5, 0.6) is 0 Å². The fourth-order valence-electron chi connectivity index (χ4n) is 4.01. The van der Waals surface area contributed by atoms with Gasteiger partial charge in [-0.05, 0) is 50.0 Å². The molecule has 2 rings (SSSR count). The molecule has 0 spiro atoms. The number of carbonyl (C=O) groups is 1. The van der Waals surface area contributed by atoms with Crippen molar-refractivity contribution in [2.75, 3.05) is 13.1 Å². The average molecular weight is 267 g/mol. The van der Waals surface area contributed by atoms with E-state index < -0.39 is 5.97 Å². The van der Waals surface area contributed by atoms with Gasteiger partial charge in [0.15, 0.2) is 0 Å². The molecule has 3 nitrogen and oxygen atoms in total. The molecule has 0 radical (unpaired) electrons. The Morgan fingerprint density at radius 1 is 1.32 bits per heavy atom. The number of likely N-dealkylation sites (tertiary alicyclic amines) is 1. The van der Waals surface area contributed by atoms with E-state index in [-0.39, 0.29) is 0 Å². The SMILES string of the molecule is CC1CCCC(N2CCCC(C(C)CC(=O)O)C2)C1. The first kappa shape index (κ1) is 14.8. The van der Waals surface area contributed by atoms with Crippen molar-refractivity contribution < 1.29 is 9.90 Å². The lowest BCUT2D eigenvalue weighted by Gasteiger charge is -2.42. The number of nitrogens with zero attached hydrogens (tertiary/aromatic N) is 1. The number of carboxylic acid groups (broad SMARTS) is 1. The van der Waals surface area contributed by atoms with E-state index in [1.165, 1.54) is 45.1 Å². The molecule has 1 aliphatic heterocycles. The van der Waals surface area contributed by atoms with Crippen LogP contribution < -0.4 is 0 Å². The fraction of sp³-hybridized carbons (Fsp3) is 0.938. The smallest absolute Gasteiger partial charge is 0.303 e. The van der Waals surface area contributed by atoms with Crippen LogP contribution in [0.2, 0.25) is 0 Å². The van der Waals surface area contributed by atoms with Gasteiger partial charge < -0.3 is 10.0 Å². The predicted octanol–water partition coefficient (Wildman–Crippen LogP) is 3.39. The molecule has 3 heteroatoms. The Kier molecular flexibility index (Phi) is 5.26. The van der Waals surface area contributed by atoms with Crippen molar-refractivity contribution in [2.45, 2.75) is 64.8 Å². The second kappa shape index (κ2) is 6.74. The van der Waals surface area contributed by atoms with E-state index in [1.807, 2.05) is 0 Å². The molecule has 1 saturated carbocycles. The van der Waals surface area contributed by atoms with Crippen LogP contribution in [0.1, 0.15) is 58.8 Å². The summed E-state index contributed by atoms with van der Waals surface area (Å²) in [5.74, 6) is 1.13. The van der Waals surface area contributed by atoms with Crippen molar-refractivity contribution >= 4 is 5.97 Å². The third-order valence-corrected chi connectivity index (χ3v) is 5.22. The van der Waals surface area contributed by atoms with Gasteiger partial charge in [0.25, 0.3) is 0 Å². The highest BCUT2D eigenvalue weighted by Crippen LogP contribution is 2.32. The van der Waals surface area contributed by atoms with Crippen molar-refractivity contribution in [3.63, 3.8) is 0 Å². The minimum Gasteiger partial charge on any atom is -0.481 e. The van der Waals surface area contributed by atoms with Gasteiger partial charge in [-0.2, -0.15) is 0 Å². The van der Waals surface area contributed by atoms with Crippen LogP contribution in [0.4, 0.5) is 0 Å². The molecule has 0 bridgehead atoms. The summed E-state index contributed by atoms with van der Waals surface area (Å²) in [6, 6.07) is 0.767. The first-order valence-corrected chi connectivity index (χ1v) is 8.02. The number of aliphatic carboxylic acids is 1. The number of piperidine rings is 1. The third kappa shape index (κ3) is 4.20. The Bertz CT molecular complexity index is 305. The average Bonchev–Trinajstić information content (AvgIpc) is 2.38. The second-order valence-electron chi connectivity index (χ2n) is 6.90. The molecule has 0 aromatic rings. The number of hydrogen-bond donors (Lipinski definition) is 1. The molecule has 2 aliphatic rings. The summed E-state index contributed by atoms with van der Waals surface area (Å²) < 4.78 is 0. The van der Waals surface area contributed by atoms with Gasteiger partial charge in [0.1, 0.15) is 0 Å². The van der Waals surface area contributed by atoms with Gasteiger partial charge in [0.2, 0.25) is 0 Å². The third-order valence-electron chi connectivity index (χ3n) is 5.22. The summed E-state index contributed by atoms with van der Waals surface area (Å²) in [7, 11) is 0. The Morgan fingerprint density at radius 3 is 2.79 bits per heavy atom. The van der Waals surface area contributed by atoms with Crippen molar-refractivity contribution in [3.05, 3.63) is 0 Å². The zero-order valence-electron chi connectivity index (χ0n) is 12.5. The zero-order valence-corrected chi connectivity index (χ0v) is 12.5. The molecule has 1 aliphatic carbocycles. The molecular formula is C16H29NO2. The maximum atomic E-state index is 10.9. The van der Waals surface area contributed by atoms with Crippen LogP contribution in [-0.2, 0) is 4.79 Å². The Labute approximate surface area is 117 Å². The van der Waals surface area contributed by atoms with Crippen molar-refractivity contribution in [1.82, 2.24) is 4.90 Å². The Balaban J connectivity index is 1.87. The largest absolute Gasteiger partial charge is 0.481 e. The Morgan fingerprint density at radius 2 is 2.11 bits per heavy atom. The molecule has 4 atom stereocenters. The first-order chi connectivity index (χ1) is 9.06. The van der Waals surface area contributed by atoms with Crippen LogP contribution in [0.25, 0.3) is 0 Å². The molecule has 0 aromatic carbocycles. The Hall–Kier alpha value is -0.570. The van der Waals surface area contributed by atoms with Crippen LogP contribution in [0.3, 0.4) is 0 Å². The van der Waals surface area contributed by atoms with E-state index in [0.29, 0.717) is 18.3 Å². The molecule has 1 saturated heterocycles. The lowest BCUT2D eigenvalue weighted by atomic mass is 9.81. The van der Waals surface area contributed by atoms with Crippen LogP contribution in [0.15, 0.2) is 0 Å². The summed E-state index contributed by atoms with van der Waals surface area (Å²) in [5.41, 5.74) is 0. The van der Waals surface area contributed by atoms with Crippen molar-refractivity contribution in [2.24, 2.45) is 17.8 Å². The summed E-state index contributed by atoms with van der Waals surface area (Å²) >= 11 is 0. The van der Waals surface area contributed by atoms with Crippen molar-refractivity contribution in [1.29, 1.82) is 0 Å². The lowest BCUT2D eigenvalue weighted by Crippen LogP contribution is -2.46. The van der Waals surface area contributed by atoms with Crippen LogP contribution in [-0.4, -0.2) is 35.1 Å². The van der Waals surface area contributed by atoms with E-state index in [9.17, 15) is 4.79 Å². The molecule has 110 valence electrons. The fourth-order valence-corrected chi connectivity index (χ4v) is 4.01. The van der Waals surface area contributed by atoms with E-state index in [1.54, 1.807) is 0 Å². The molecule has 2 fully saturated rings. The zero-order chi connectivity index (χ0) is 13.8. The van der Waals surface area contributed by atoms with E-state index in [0.717, 1.165) is 18.5 Å². The molecule has 0 amide bonds. The van der Waals surface area contributed by atoms with Gasteiger partial charge in [-0.1, -0.05) is 26.7 Å². The van der Waals surface area contributed by atoms with Crippen molar-refractivity contribution in [3.8, 4) is 0 Å². The lowest BCUT2D eigenvalue weighted by molar-refractivity contribution is -0.138. The quantitative estimate of drug-likeness (QED) is 0.849. The van der Waals surface area contributed by atoms with E-state index in [2.05, 4.69) is 18.7 Å². The van der Waals surface area contributed by atoms with E-state index >= 15 is 0 Å². The first-order valence-electron chi connectivity index (χ1n) is 8.02. The maximum absolute atomic E-state index is 10.9. The number of carboxylic acids is 1. The van der Waals surface area contributed by atoms with Gasteiger partial charge >= 0.3 is 5.97 Å². The summed E-state index contributed by atoms with van der Waals surface area (Å²) in [6.45, 7) is 6.85. The molecule has 1 heterocycles. The second-order valence-corrected chi connectivity index (χ2v) is 6.90. The van der Waals surface area contributed by atoms with Gasteiger partial charge in [-0.25, -0.2) is 0 Å². The highest BCUT2D eigenvalue weighted by atomic mass is 16.4. The highest BCUT2D eigenvalue weighted by molar-refractivity contribution is 5.67. The minimum absolute atomic E-state index is 0.321. The number of rotatable bonds is 4. The standard InChI is InChI=1S/C16H29NO2/c1-12-5-3-7-15(9-12)17-8-4-6-14(11-17)13(2)10-16(18)19/h12-15H,3-11H2,1-2H3,(H,18,19). The summed E-state index contributed by atoms with van der Waals surface area (Å²) in [5, 5.41) is 8.95. The predicted molar refractivity (Wildman–Crippen MR) is 77.1 cm³/mol. The topological polar surface area (TPSA) is 40.5 Å². The van der Waals surface area contributed by atoms with Gasteiger partial charge in [-0.15, -0.1) is 0 Å². The van der Waals surface area contributed by atoms with Crippen LogP contribution >= 0.6 is 0 Å². The minimum atomic E-state index is -0.643.